The van der Waals surface area contributed by atoms with Crippen LogP contribution in [0.5, 0.6) is 0 Å². The number of aromatic nitrogens is 1. The van der Waals surface area contributed by atoms with Crippen LogP contribution in [0.2, 0.25) is 10.0 Å². The van der Waals surface area contributed by atoms with Gasteiger partial charge in [0.25, 0.3) is 5.91 Å². The highest BCUT2D eigenvalue weighted by molar-refractivity contribution is 7.16. The molecule has 5 nitrogen and oxygen atoms in total. The van der Waals surface area contributed by atoms with E-state index < -0.39 is 11.3 Å². The van der Waals surface area contributed by atoms with Crippen molar-refractivity contribution in [3.8, 4) is 12.3 Å². The van der Waals surface area contributed by atoms with E-state index in [1.807, 2.05) is 0 Å². The van der Waals surface area contributed by atoms with E-state index in [1.165, 1.54) is 11.3 Å². The van der Waals surface area contributed by atoms with E-state index in [2.05, 4.69) is 10.9 Å². The van der Waals surface area contributed by atoms with Crippen molar-refractivity contribution in [3.63, 3.8) is 0 Å². The number of para-hydroxylation sites is 1. The first-order valence-electron chi connectivity index (χ1n) is 8.01. The second-order valence-corrected chi connectivity index (χ2v) is 7.65. The molecule has 2 heterocycles. The van der Waals surface area contributed by atoms with Crippen molar-refractivity contribution >= 4 is 61.6 Å². The molecule has 0 atom stereocenters. The maximum Gasteiger partial charge on any atom is 0.286 e. The number of carbonyl (C=O) groups is 1. The Morgan fingerprint density at radius 2 is 2.07 bits per heavy atom. The Morgan fingerprint density at radius 3 is 2.86 bits per heavy atom. The molecule has 0 aliphatic heterocycles. The van der Waals surface area contributed by atoms with E-state index in [0.29, 0.717) is 31.3 Å². The molecule has 8 heteroatoms. The molecule has 1 amide bonds. The van der Waals surface area contributed by atoms with Gasteiger partial charge in [-0.2, -0.15) is 4.99 Å². The van der Waals surface area contributed by atoms with E-state index in [0.717, 1.165) is 11.0 Å². The summed E-state index contributed by atoms with van der Waals surface area (Å²) in [4.78, 5) is 29.8. The Labute approximate surface area is 172 Å². The van der Waals surface area contributed by atoms with Crippen LogP contribution in [0, 0.1) is 12.3 Å². The third-order valence-electron chi connectivity index (χ3n) is 4.05. The summed E-state index contributed by atoms with van der Waals surface area (Å²) in [5.41, 5.74) is 0.426. The summed E-state index contributed by atoms with van der Waals surface area (Å²) < 4.78 is 7.76. The van der Waals surface area contributed by atoms with Crippen molar-refractivity contribution in [3.05, 3.63) is 73.3 Å². The lowest BCUT2D eigenvalue weighted by Gasteiger charge is -2.02. The molecular weight excluding hydrogens is 419 g/mol. The molecule has 2 aromatic carbocycles. The highest BCUT2D eigenvalue weighted by atomic mass is 35.5. The second-order valence-electron chi connectivity index (χ2n) is 5.80. The lowest BCUT2D eigenvalue weighted by molar-refractivity contribution is 0.0995. The summed E-state index contributed by atoms with van der Waals surface area (Å²) in [7, 11) is 0. The highest BCUT2D eigenvalue weighted by Gasteiger charge is 2.16. The number of rotatable bonds is 2. The summed E-state index contributed by atoms with van der Waals surface area (Å²) >= 11 is 13.6. The molecule has 0 aliphatic carbocycles. The van der Waals surface area contributed by atoms with Gasteiger partial charge in [0.1, 0.15) is 17.4 Å². The molecule has 0 N–H and O–H groups in total. The number of benzene rings is 2. The fraction of sp³-hybridized carbons (Fsp3) is 0.0500. The zero-order valence-corrected chi connectivity index (χ0v) is 16.4. The summed E-state index contributed by atoms with van der Waals surface area (Å²) in [5, 5.41) is 1.17. The number of terminal acetylenes is 1. The van der Waals surface area contributed by atoms with Crippen LogP contribution in [-0.4, -0.2) is 10.5 Å². The molecule has 0 saturated carbocycles. The largest absolute Gasteiger partial charge is 0.463 e. The fourth-order valence-corrected chi connectivity index (χ4v) is 4.64. The molecule has 4 rings (SSSR count). The number of hydrogen-bond donors (Lipinski definition) is 0. The zero-order valence-electron chi connectivity index (χ0n) is 14.1. The predicted octanol–water partition coefficient (Wildman–Crippen LogP) is 4.49. The van der Waals surface area contributed by atoms with Crippen molar-refractivity contribution in [1.82, 2.24) is 4.57 Å². The summed E-state index contributed by atoms with van der Waals surface area (Å²) in [6.07, 6.45) is 6.59. The molecule has 0 aliphatic rings. The summed E-state index contributed by atoms with van der Waals surface area (Å²) in [6.45, 7) is 0.153. The van der Waals surface area contributed by atoms with Gasteiger partial charge in [0.15, 0.2) is 4.80 Å². The zero-order chi connectivity index (χ0) is 19.8. The number of halogens is 2. The topological polar surface area (TPSA) is 64.6 Å². The Balaban J connectivity index is 1.93. The highest BCUT2D eigenvalue weighted by Crippen LogP contribution is 2.29. The number of nitrogens with zero attached hydrogens (tertiary/aromatic N) is 2. The van der Waals surface area contributed by atoms with Crippen LogP contribution in [0.4, 0.5) is 0 Å². The van der Waals surface area contributed by atoms with Gasteiger partial charge in [-0.1, -0.05) is 52.6 Å². The number of hydrogen-bond acceptors (Lipinski definition) is 4. The molecule has 0 spiro atoms. The standard InChI is InChI=1S/C20H10Cl2N2O3S/c1-2-7-24-17-14(22)8-11(21)9-16(17)28-20(24)23-19(26)13-10-27-15-6-4-3-5-12(15)18(13)25/h1,3-6,8-10H,7H2. The van der Waals surface area contributed by atoms with E-state index in [9.17, 15) is 9.59 Å². The average molecular weight is 429 g/mol. The normalized spacial score (nSPS) is 11.8. The summed E-state index contributed by atoms with van der Waals surface area (Å²) in [6, 6.07) is 10.00. The third-order valence-corrected chi connectivity index (χ3v) is 5.58. The van der Waals surface area contributed by atoms with E-state index >= 15 is 0 Å². The molecule has 0 saturated heterocycles. The van der Waals surface area contributed by atoms with Gasteiger partial charge in [-0.15, -0.1) is 6.42 Å². The fourth-order valence-electron chi connectivity index (χ4n) is 2.82. The van der Waals surface area contributed by atoms with E-state index in [1.54, 1.807) is 41.0 Å². The van der Waals surface area contributed by atoms with Crippen LogP contribution < -0.4 is 10.2 Å². The van der Waals surface area contributed by atoms with Gasteiger partial charge in [0, 0.05) is 5.02 Å². The Bertz CT molecular complexity index is 1420. The van der Waals surface area contributed by atoms with E-state index in [4.69, 9.17) is 34.0 Å². The average Bonchev–Trinajstić information content (AvgIpc) is 2.99. The Morgan fingerprint density at radius 1 is 1.29 bits per heavy atom. The van der Waals surface area contributed by atoms with Gasteiger partial charge >= 0.3 is 0 Å². The quantitative estimate of drug-likeness (QED) is 0.441. The molecule has 4 aromatic rings. The smallest absolute Gasteiger partial charge is 0.286 e. The maximum absolute atomic E-state index is 12.7. The van der Waals surface area contributed by atoms with Crippen LogP contribution in [-0.2, 0) is 6.54 Å². The second kappa shape index (κ2) is 7.28. The number of amides is 1. The first kappa shape index (κ1) is 18.5. The molecular formula is C20H10Cl2N2O3S. The molecule has 28 heavy (non-hydrogen) atoms. The van der Waals surface area contributed by atoms with Gasteiger partial charge in [-0.3, -0.25) is 9.59 Å². The van der Waals surface area contributed by atoms with Gasteiger partial charge in [-0.05, 0) is 24.3 Å². The van der Waals surface area contributed by atoms with Crippen LogP contribution in [0.3, 0.4) is 0 Å². The molecule has 0 bridgehead atoms. The minimum absolute atomic E-state index is 0.153. The SMILES string of the molecule is C#CCn1c(=NC(=O)c2coc3ccccc3c2=O)sc2cc(Cl)cc(Cl)c21. The van der Waals surface area contributed by atoms with Crippen LogP contribution in [0.1, 0.15) is 10.4 Å². The Kier molecular flexibility index (Phi) is 4.82. The lowest BCUT2D eigenvalue weighted by Crippen LogP contribution is -2.20. The monoisotopic (exact) mass is 428 g/mol. The first-order chi connectivity index (χ1) is 13.5. The molecule has 0 fully saturated rings. The molecule has 138 valence electrons. The lowest BCUT2D eigenvalue weighted by atomic mass is 10.2. The third kappa shape index (κ3) is 3.14. The number of carbonyl (C=O) groups excluding carboxylic acids is 1. The molecule has 2 aromatic heterocycles. The van der Waals surface area contributed by atoms with Crippen LogP contribution in [0.15, 0.2) is 56.9 Å². The predicted molar refractivity (Wildman–Crippen MR) is 111 cm³/mol. The minimum Gasteiger partial charge on any atom is -0.463 e. The van der Waals surface area contributed by atoms with Gasteiger partial charge < -0.3 is 8.98 Å². The Hall–Kier alpha value is -2.85. The summed E-state index contributed by atoms with van der Waals surface area (Å²) in [5.74, 6) is 1.80. The van der Waals surface area contributed by atoms with Crippen LogP contribution >= 0.6 is 34.5 Å². The van der Waals surface area contributed by atoms with E-state index in [-0.39, 0.29) is 12.1 Å². The minimum atomic E-state index is -0.723. The van der Waals surface area contributed by atoms with Gasteiger partial charge in [-0.25, -0.2) is 0 Å². The first-order valence-corrected chi connectivity index (χ1v) is 9.58. The van der Waals surface area contributed by atoms with Crippen molar-refractivity contribution in [2.45, 2.75) is 6.54 Å². The van der Waals surface area contributed by atoms with Crippen molar-refractivity contribution in [2.24, 2.45) is 4.99 Å². The number of thiazole rings is 1. The van der Waals surface area contributed by atoms with Crippen LogP contribution in [0.25, 0.3) is 21.2 Å². The van der Waals surface area contributed by atoms with Gasteiger partial charge in [0.2, 0.25) is 5.43 Å². The van der Waals surface area contributed by atoms with Gasteiger partial charge in [0.05, 0.1) is 27.2 Å². The molecule has 0 radical (unpaired) electrons. The molecule has 0 unspecified atom stereocenters. The number of fused-ring (bicyclic) bond motifs is 2. The van der Waals surface area contributed by atoms with Crippen molar-refractivity contribution < 1.29 is 9.21 Å². The van der Waals surface area contributed by atoms with Crippen molar-refractivity contribution in [1.29, 1.82) is 0 Å². The maximum atomic E-state index is 12.7. The van der Waals surface area contributed by atoms with Crippen molar-refractivity contribution in [2.75, 3.05) is 0 Å².